The van der Waals surface area contributed by atoms with Gasteiger partial charge in [-0.1, -0.05) is 12.1 Å². The van der Waals surface area contributed by atoms with Crippen LogP contribution in [0.5, 0.6) is 11.5 Å². The second kappa shape index (κ2) is 9.07. The Morgan fingerprint density at radius 3 is 2.58 bits per heavy atom. The molecule has 0 unspecified atom stereocenters. The van der Waals surface area contributed by atoms with Gasteiger partial charge in [0.1, 0.15) is 5.75 Å². The van der Waals surface area contributed by atoms with E-state index >= 15 is 0 Å². The molecular weight excluding hydrogens is 448 g/mol. The number of benzene rings is 2. The lowest BCUT2D eigenvalue weighted by atomic mass is 9.76. The second-order valence-corrected chi connectivity index (χ2v) is 6.09. The van der Waals surface area contributed by atoms with E-state index < -0.39 is 0 Å². The van der Waals surface area contributed by atoms with Gasteiger partial charge in [0.25, 0.3) is 0 Å². The number of nitrogens with one attached hydrogen (secondary N) is 1. The first-order valence-corrected chi connectivity index (χ1v) is 8.17. The van der Waals surface area contributed by atoms with Gasteiger partial charge in [-0.2, -0.15) is 0 Å². The molecule has 0 amide bonds. The predicted molar refractivity (Wildman–Crippen MR) is 112 cm³/mol. The van der Waals surface area contributed by atoms with Crippen molar-refractivity contribution in [2.24, 2.45) is 10.7 Å². The van der Waals surface area contributed by atoms with E-state index in [-0.39, 0.29) is 41.6 Å². The van der Waals surface area contributed by atoms with Crippen molar-refractivity contribution < 1.29 is 13.9 Å². The molecule has 2 aromatic rings. The molecule has 26 heavy (non-hydrogen) atoms. The third-order valence-corrected chi connectivity index (χ3v) is 4.42. The number of halogens is 2. The lowest BCUT2D eigenvalue weighted by Crippen LogP contribution is -2.31. The molecule has 1 saturated carbocycles. The Morgan fingerprint density at radius 2 is 1.92 bits per heavy atom. The summed E-state index contributed by atoms with van der Waals surface area (Å²) in [5.74, 6) is 1.37. The largest absolute Gasteiger partial charge is 0.497 e. The molecule has 5 nitrogen and oxygen atoms in total. The second-order valence-electron chi connectivity index (χ2n) is 6.09. The standard InChI is InChI=1S/C19H22FN3O2.HI/c1-24-16-5-3-4-14(11-16)22-19(21)23-15-8-13(9-15)12-6-7-18(25-2)17(20)10-12;/h3-7,10-11,13,15H,8-9H2,1-2H3,(H3,21,22,23);1H. The molecule has 0 aliphatic heterocycles. The van der Waals surface area contributed by atoms with E-state index in [0.29, 0.717) is 11.9 Å². The zero-order chi connectivity index (χ0) is 17.8. The predicted octanol–water partition coefficient (Wildman–Crippen LogP) is 4.13. The Labute approximate surface area is 169 Å². The first-order chi connectivity index (χ1) is 12.1. The van der Waals surface area contributed by atoms with Crippen molar-refractivity contribution in [3.8, 4) is 11.5 Å². The Hall–Kier alpha value is -2.03. The van der Waals surface area contributed by atoms with Gasteiger partial charge in [0.15, 0.2) is 17.5 Å². The van der Waals surface area contributed by atoms with Gasteiger partial charge in [0, 0.05) is 11.8 Å². The Morgan fingerprint density at radius 1 is 1.15 bits per heavy atom. The van der Waals surface area contributed by atoms with E-state index in [9.17, 15) is 4.39 Å². The summed E-state index contributed by atoms with van der Waals surface area (Å²) in [6.07, 6.45) is 1.71. The van der Waals surface area contributed by atoms with Gasteiger partial charge in [-0.15, -0.1) is 24.0 Å². The maximum atomic E-state index is 13.8. The van der Waals surface area contributed by atoms with Crippen LogP contribution < -0.4 is 20.5 Å². The minimum absolute atomic E-state index is 0. The van der Waals surface area contributed by atoms with Gasteiger partial charge in [0.2, 0.25) is 0 Å². The number of methoxy groups -OCH3 is 2. The van der Waals surface area contributed by atoms with Crippen molar-refractivity contribution in [1.29, 1.82) is 0 Å². The van der Waals surface area contributed by atoms with E-state index in [1.807, 2.05) is 30.3 Å². The molecule has 0 heterocycles. The number of nitrogens with two attached hydrogens (primary N) is 1. The monoisotopic (exact) mass is 471 g/mol. The van der Waals surface area contributed by atoms with Gasteiger partial charge in [-0.25, -0.2) is 9.38 Å². The van der Waals surface area contributed by atoms with Gasteiger partial charge in [-0.05, 0) is 48.6 Å². The van der Waals surface area contributed by atoms with Crippen LogP contribution in [0, 0.1) is 5.82 Å². The van der Waals surface area contributed by atoms with Crippen LogP contribution in [0.25, 0.3) is 0 Å². The molecule has 0 spiro atoms. The van der Waals surface area contributed by atoms with E-state index in [4.69, 9.17) is 15.2 Å². The fourth-order valence-corrected chi connectivity index (χ4v) is 2.98. The van der Waals surface area contributed by atoms with E-state index in [1.165, 1.54) is 7.11 Å². The fourth-order valence-electron chi connectivity index (χ4n) is 2.98. The van der Waals surface area contributed by atoms with Crippen molar-refractivity contribution in [3.63, 3.8) is 0 Å². The molecule has 3 N–H and O–H groups in total. The highest BCUT2D eigenvalue weighted by Crippen LogP contribution is 2.39. The molecule has 2 aromatic carbocycles. The molecule has 1 aliphatic carbocycles. The smallest absolute Gasteiger partial charge is 0.193 e. The number of aliphatic imine (C=N–C) groups is 1. The zero-order valence-electron chi connectivity index (χ0n) is 14.7. The topological polar surface area (TPSA) is 68.9 Å². The van der Waals surface area contributed by atoms with Crippen molar-refractivity contribution in [2.75, 3.05) is 19.5 Å². The van der Waals surface area contributed by atoms with E-state index in [1.54, 1.807) is 19.2 Å². The maximum Gasteiger partial charge on any atom is 0.193 e. The molecule has 140 valence electrons. The number of ether oxygens (including phenoxy) is 2. The maximum absolute atomic E-state index is 13.8. The van der Waals surface area contributed by atoms with Crippen molar-refractivity contribution in [2.45, 2.75) is 24.8 Å². The van der Waals surface area contributed by atoms with Gasteiger partial charge >= 0.3 is 0 Å². The summed E-state index contributed by atoms with van der Waals surface area (Å²) < 4.78 is 23.9. The summed E-state index contributed by atoms with van der Waals surface area (Å²) in [5.41, 5.74) is 7.78. The summed E-state index contributed by atoms with van der Waals surface area (Å²) in [7, 11) is 3.08. The van der Waals surface area contributed by atoms with Gasteiger partial charge in [-0.3, -0.25) is 0 Å². The van der Waals surface area contributed by atoms with Crippen LogP contribution in [0.4, 0.5) is 10.1 Å². The lowest BCUT2D eigenvalue weighted by molar-refractivity contribution is 0.349. The number of rotatable bonds is 5. The normalized spacial score (nSPS) is 19.1. The van der Waals surface area contributed by atoms with Crippen LogP contribution in [0.15, 0.2) is 47.5 Å². The summed E-state index contributed by atoms with van der Waals surface area (Å²) in [5, 5.41) is 3.07. The Kier molecular flexibility index (Phi) is 7.07. The molecule has 1 fully saturated rings. The Bertz CT molecular complexity index is 779. The van der Waals surface area contributed by atoms with Crippen LogP contribution in [0.3, 0.4) is 0 Å². The third kappa shape index (κ3) is 4.78. The van der Waals surface area contributed by atoms with Gasteiger partial charge in [0.05, 0.1) is 20.3 Å². The van der Waals surface area contributed by atoms with Crippen molar-refractivity contribution in [1.82, 2.24) is 0 Å². The molecule has 1 aliphatic rings. The first kappa shape index (κ1) is 20.3. The summed E-state index contributed by atoms with van der Waals surface area (Å²) in [6.45, 7) is 0. The molecule has 0 radical (unpaired) electrons. The summed E-state index contributed by atoms with van der Waals surface area (Å²) in [4.78, 5) is 4.49. The number of hydrogen-bond acceptors (Lipinski definition) is 3. The third-order valence-electron chi connectivity index (χ3n) is 4.42. The fraction of sp³-hybridized carbons (Fsp3) is 0.316. The molecule has 0 aromatic heterocycles. The molecule has 7 heteroatoms. The quantitative estimate of drug-likeness (QED) is 0.391. The number of hydrogen-bond donors (Lipinski definition) is 2. The lowest BCUT2D eigenvalue weighted by Gasteiger charge is -2.33. The average molecular weight is 471 g/mol. The van der Waals surface area contributed by atoms with Crippen LogP contribution in [0.1, 0.15) is 24.3 Å². The van der Waals surface area contributed by atoms with Crippen molar-refractivity contribution in [3.05, 3.63) is 53.8 Å². The van der Waals surface area contributed by atoms with E-state index in [0.717, 1.165) is 29.8 Å². The van der Waals surface area contributed by atoms with Gasteiger partial charge < -0.3 is 20.5 Å². The first-order valence-electron chi connectivity index (χ1n) is 8.17. The highest BCUT2D eigenvalue weighted by atomic mass is 127. The van der Waals surface area contributed by atoms with Crippen molar-refractivity contribution >= 4 is 35.6 Å². The van der Waals surface area contributed by atoms with Crippen LogP contribution in [-0.2, 0) is 0 Å². The summed E-state index contributed by atoms with van der Waals surface area (Å²) in [6, 6.07) is 12.8. The van der Waals surface area contributed by atoms with E-state index in [2.05, 4.69) is 10.3 Å². The number of guanidine groups is 1. The Balaban J connectivity index is 0.00000243. The zero-order valence-corrected chi connectivity index (χ0v) is 17.1. The van der Waals surface area contributed by atoms with Crippen LogP contribution in [-0.4, -0.2) is 26.2 Å². The van der Waals surface area contributed by atoms with Crippen LogP contribution in [0.2, 0.25) is 0 Å². The number of nitrogens with zero attached hydrogens (tertiary/aromatic N) is 1. The molecule has 0 bridgehead atoms. The SMILES string of the molecule is COc1cccc(NC(N)=NC2CC(c3ccc(OC)c(F)c3)C2)c1.I. The molecule has 0 atom stereocenters. The molecular formula is C19H23FIN3O2. The highest BCUT2D eigenvalue weighted by molar-refractivity contribution is 14.0. The minimum Gasteiger partial charge on any atom is -0.497 e. The van der Waals surface area contributed by atoms with Crippen LogP contribution >= 0.6 is 24.0 Å². The minimum atomic E-state index is -0.328. The summed E-state index contributed by atoms with van der Waals surface area (Å²) >= 11 is 0. The average Bonchev–Trinajstić information content (AvgIpc) is 2.58. The molecule has 3 rings (SSSR count). The molecule has 0 saturated heterocycles. The number of anilines is 1. The highest BCUT2D eigenvalue weighted by Gasteiger charge is 2.30.